The summed E-state index contributed by atoms with van der Waals surface area (Å²) >= 11 is 11.4. The van der Waals surface area contributed by atoms with Crippen LogP contribution in [0, 0.1) is 0 Å². The Morgan fingerprint density at radius 1 is 1.27 bits per heavy atom. The molecule has 0 saturated carbocycles. The number of halogens is 1. The maximum absolute atomic E-state index is 11.2. The average Bonchev–Trinajstić information content (AvgIpc) is 2.70. The van der Waals surface area contributed by atoms with E-state index in [1.54, 1.807) is 23.5 Å². The van der Waals surface area contributed by atoms with Gasteiger partial charge < -0.3 is 0 Å². The molecule has 0 radical (unpaired) electrons. The predicted molar refractivity (Wildman–Crippen MR) is 67.2 cm³/mol. The quantitative estimate of drug-likeness (QED) is 0.631. The molecule has 0 N–H and O–H groups in total. The van der Waals surface area contributed by atoms with Crippen molar-refractivity contribution in [3.8, 4) is 10.4 Å². The zero-order valence-corrected chi connectivity index (χ0v) is 10.1. The van der Waals surface area contributed by atoms with E-state index < -0.39 is 5.24 Å². The van der Waals surface area contributed by atoms with Gasteiger partial charge in [-0.1, -0.05) is 12.1 Å². The minimum Gasteiger partial charge on any atom is -0.276 e. The van der Waals surface area contributed by atoms with E-state index in [2.05, 4.69) is 12.6 Å². The predicted octanol–water partition coefficient (Wildman–Crippen LogP) is 4.08. The van der Waals surface area contributed by atoms with Crippen molar-refractivity contribution in [1.29, 1.82) is 0 Å². The lowest BCUT2D eigenvalue weighted by atomic mass is 10.1. The van der Waals surface area contributed by atoms with Crippen molar-refractivity contribution in [1.82, 2.24) is 0 Å². The lowest BCUT2D eigenvalue weighted by Gasteiger charge is -2.06. The Bertz CT molecular complexity index is 491. The van der Waals surface area contributed by atoms with Crippen LogP contribution in [0.5, 0.6) is 0 Å². The minimum absolute atomic E-state index is 0.450. The van der Waals surface area contributed by atoms with Crippen LogP contribution in [-0.4, -0.2) is 5.24 Å². The molecule has 0 atom stereocenters. The summed E-state index contributed by atoms with van der Waals surface area (Å²) < 4.78 is 0. The van der Waals surface area contributed by atoms with Crippen LogP contribution in [0.15, 0.2) is 40.6 Å². The van der Waals surface area contributed by atoms with Gasteiger partial charge in [0.15, 0.2) is 0 Å². The van der Waals surface area contributed by atoms with Gasteiger partial charge in [-0.25, -0.2) is 0 Å². The first-order valence-electron chi connectivity index (χ1n) is 4.26. The maximum atomic E-state index is 11.2. The molecule has 0 aliphatic heterocycles. The average molecular weight is 255 g/mol. The lowest BCUT2D eigenvalue weighted by Crippen LogP contribution is -1.93. The topological polar surface area (TPSA) is 17.1 Å². The molecule has 0 aliphatic rings. The third-order valence-corrected chi connectivity index (χ3v) is 3.49. The summed E-state index contributed by atoms with van der Waals surface area (Å²) in [6.07, 6.45) is 0. The first-order chi connectivity index (χ1) is 7.20. The van der Waals surface area contributed by atoms with Crippen molar-refractivity contribution in [2.75, 3.05) is 0 Å². The van der Waals surface area contributed by atoms with Crippen molar-refractivity contribution >= 4 is 40.8 Å². The summed E-state index contributed by atoms with van der Waals surface area (Å²) in [7, 11) is 0. The van der Waals surface area contributed by atoms with Crippen molar-refractivity contribution in [3.63, 3.8) is 0 Å². The number of thiophene rings is 1. The Hall–Kier alpha value is -0.770. The van der Waals surface area contributed by atoms with Crippen molar-refractivity contribution in [2.24, 2.45) is 0 Å². The Balaban J connectivity index is 2.68. The summed E-state index contributed by atoms with van der Waals surface area (Å²) in [4.78, 5) is 13.0. The second-order valence-corrected chi connectivity index (χ2v) is 4.72. The van der Waals surface area contributed by atoms with Gasteiger partial charge in [0.1, 0.15) is 0 Å². The molecule has 15 heavy (non-hydrogen) atoms. The van der Waals surface area contributed by atoms with Gasteiger partial charge in [0, 0.05) is 20.9 Å². The molecule has 0 bridgehead atoms. The summed E-state index contributed by atoms with van der Waals surface area (Å²) in [5.41, 5.74) is 1.32. The fourth-order valence-corrected chi connectivity index (χ4v) is 2.74. The van der Waals surface area contributed by atoms with E-state index in [9.17, 15) is 4.79 Å². The molecule has 0 fully saturated rings. The number of carbonyl (C=O) groups excluding carboxylic acids is 1. The van der Waals surface area contributed by atoms with Crippen LogP contribution >= 0.6 is 35.6 Å². The molecule has 2 rings (SSSR count). The van der Waals surface area contributed by atoms with E-state index in [4.69, 9.17) is 11.6 Å². The van der Waals surface area contributed by atoms with E-state index in [0.29, 0.717) is 5.56 Å². The summed E-state index contributed by atoms with van der Waals surface area (Å²) in [6.45, 7) is 0. The van der Waals surface area contributed by atoms with Crippen LogP contribution in [-0.2, 0) is 0 Å². The van der Waals surface area contributed by atoms with Crippen LogP contribution in [0.1, 0.15) is 10.4 Å². The van der Waals surface area contributed by atoms with E-state index in [-0.39, 0.29) is 0 Å². The number of thiol groups is 1. The van der Waals surface area contributed by atoms with E-state index in [0.717, 1.165) is 15.3 Å². The highest BCUT2D eigenvalue weighted by atomic mass is 35.5. The van der Waals surface area contributed by atoms with Crippen LogP contribution in [0.4, 0.5) is 0 Å². The van der Waals surface area contributed by atoms with E-state index in [1.165, 1.54) is 0 Å². The van der Waals surface area contributed by atoms with Crippen molar-refractivity contribution in [3.05, 3.63) is 41.3 Å². The Morgan fingerprint density at radius 3 is 2.67 bits per heavy atom. The molecule has 0 aliphatic carbocycles. The van der Waals surface area contributed by atoms with Crippen molar-refractivity contribution < 1.29 is 4.79 Å². The minimum atomic E-state index is -0.450. The second-order valence-electron chi connectivity index (χ2n) is 2.95. The molecule has 0 saturated heterocycles. The Morgan fingerprint density at radius 2 is 2.07 bits per heavy atom. The summed E-state index contributed by atoms with van der Waals surface area (Å²) in [6, 6.07) is 9.21. The van der Waals surface area contributed by atoms with Gasteiger partial charge in [0.25, 0.3) is 5.24 Å². The molecular formula is C11H7ClOS2. The van der Waals surface area contributed by atoms with Crippen LogP contribution in [0.25, 0.3) is 10.4 Å². The van der Waals surface area contributed by atoms with Crippen LogP contribution < -0.4 is 0 Å². The summed E-state index contributed by atoms with van der Waals surface area (Å²) in [5, 5.41) is 1.51. The molecule has 4 heteroatoms. The zero-order valence-electron chi connectivity index (χ0n) is 7.61. The molecular weight excluding hydrogens is 248 g/mol. The fraction of sp³-hybridized carbons (Fsp3) is 0. The standard InChI is InChI=1S/C11H7ClOS2/c12-11(13)7-3-1-4-8(14)10(7)9-5-2-6-15-9/h1-6,14H. The van der Waals surface area contributed by atoms with Gasteiger partial charge in [-0.15, -0.1) is 24.0 Å². The molecule has 1 heterocycles. The highest BCUT2D eigenvalue weighted by Crippen LogP contribution is 2.34. The van der Waals surface area contributed by atoms with Crippen LogP contribution in [0.2, 0.25) is 0 Å². The Labute approximate surface area is 102 Å². The van der Waals surface area contributed by atoms with Gasteiger partial charge in [0.05, 0.1) is 0 Å². The number of hydrogen-bond donors (Lipinski definition) is 1. The van der Waals surface area contributed by atoms with Gasteiger partial charge in [0.2, 0.25) is 0 Å². The molecule has 2 aromatic rings. The lowest BCUT2D eigenvalue weighted by molar-refractivity contribution is 0.108. The molecule has 0 unspecified atom stereocenters. The van der Waals surface area contributed by atoms with Gasteiger partial charge >= 0.3 is 0 Å². The second kappa shape index (κ2) is 4.39. The Kier molecular flexibility index (Phi) is 3.14. The number of carbonyl (C=O) groups is 1. The summed E-state index contributed by atoms with van der Waals surface area (Å²) in [5.74, 6) is 0. The molecule has 1 aromatic heterocycles. The molecule has 1 aromatic carbocycles. The first-order valence-corrected chi connectivity index (χ1v) is 5.96. The highest BCUT2D eigenvalue weighted by Gasteiger charge is 2.13. The van der Waals surface area contributed by atoms with E-state index in [1.807, 2.05) is 23.6 Å². The maximum Gasteiger partial charge on any atom is 0.253 e. The third kappa shape index (κ3) is 2.09. The van der Waals surface area contributed by atoms with Crippen molar-refractivity contribution in [2.45, 2.75) is 4.90 Å². The number of rotatable bonds is 2. The molecule has 1 nitrogen and oxygen atoms in total. The smallest absolute Gasteiger partial charge is 0.253 e. The SMILES string of the molecule is O=C(Cl)c1cccc(S)c1-c1cccs1. The fourth-order valence-electron chi connectivity index (χ4n) is 1.38. The number of benzene rings is 1. The van der Waals surface area contributed by atoms with Gasteiger partial charge in [-0.2, -0.15) is 0 Å². The first kappa shape index (κ1) is 10.7. The normalized spacial score (nSPS) is 10.3. The number of hydrogen-bond acceptors (Lipinski definition) is 3. The molecule has 0 spiro atoms. The molecule has 0 amide bonds. The van der Waals surface area contributed by atoms with Crippen LogP contribution in [0.3, 0.4) is 0 Å². The van der Waals surface area contributed by atoms with E-state index >= 15 is 0 Å². The monoisotopic (exact) mass is 254 g/mol. The third-order valence-electron chi connectivity index (χ3n) is 2.02. The largest absolute Gasteiger partial charge is 0.276 e. The zero-order chi connectivity index (χ0) is 10.8. The van der Waals surface area contributed by atoms with Gasteiger partial charge in [-0.3, -0.25) is 4.79 Å². The molecule has 76 valence electrons. The van der Waals surface area contributed by atoms with Gasteiger partial charge in [-0.05, 0) is 35.2 Å². The highest BCUT2D eigenvalue weighted by molar-refractivity contribution is 7.80.